The van der Waals surface area contributed by atoms with E-state index in [-0.39, 0.29) is 18.9 Å². The molecule has 1 amide bonds. The third-order valence-electron chi connectivity index (χ3n) is 3.98. The lowest BCUT2D eigenvalue weighted by Gasteiger charge is -2.18. The number of nitrogens with zero attached hydrogens (tertiary/aromatic N) is 3. The van der Waals surface area contributed by atoms with Crippen molar-refractivity contribution in [2.45, 2.75) is 20.4 Å². The van der Waals surface area contributed by atoms with E-state index in [9.17, 15) is 9.59 Å². The van der Waals surface area contributed by atoms with E-state index in [2.05, 4.69) is 10.1 Å². The monoisotopic (exact) mass is 403 g/mol. The van der Waals surface area contributed by atoms with Crippen LogP contribution in [0, 0.1) is 6.92 Å². The zero-order chi connectivity index (χ0) is 19.7. The van der Waals surface area contributed by atoms with Crippen LogP contribution in [0.15, 0.2) is 27.7 Å². The van der Waals surface area contributed by atoms with Crippen LogP contribution in [0.25, 0.3) is 10.2 Å². The maximum atomic E-state index is 12.5. The molecule has 3 aromatic rings. The van der Waals surface area contributed by atoms with Crippen molar-refractivity contribution < 1.29 is 28.3 Å². The number of ether oxygens (including phenoxy) is 3. The number of hydrogen-bond donors (Lipinski definition) is 0. The third-order valence-corrected chi connectivity index (χ3v) is 5.02. The van der Waals surface area contributed by atoms with E-state index >= 15 is 0 Å². The first-order valence-corrected chi connectivity index (χ1v) is 9.48. The lowest BCUT2D eigenvalue weighted by molar-refractivity contribution is -0.143. The number of esters is 1. The van der Waals surface area contributed by atoms with E-state index < -0.39 is 11.9 Å². The van der Waals surface area contributed by atoms with Crippen LogP contribution >= 0.6 is 11.3 Å². The molecule has 0 unspecified atom stereocenters. The van der Waals surface area contributed by atoms with Crippen molar-refractivity contribution in [2.24, 2.45) is 4.99 Å². The first-order chi connectivity index (χ1) is 13.5. The topological polar surface area (TPSA) is 105 Å². The molecule has 3 heterocycles. The van der Waals surface area contributed by atoms with Crippen LogP contribution in [0.2, 0.25) is 0 Å². The van der Waals surface area contributed by atoms with Crippen LogP contribution < -0.4 is 14.3 Å². The number of amides is 1. The summed E-state index contributed by atoms with van der Waals surface area (Å²) in [5.41, 5.74) is 1.28. The van der Waals surface area contributed by atoms with Gasteiger partial charge in [-0.1, -0.05) is 16.5 Å². The predicted molar refractivity (Wildman–Crippen MR) is 98.6 cm³/mol. The average Bonchev–Trinajstić information content (AvgIpc) is 3.24. The maximum Gasteiger partial charge on any atom is 0.326 e. The van der Waals surface area contributed by atoms with Gasteiger partial charge in [-0.05, 0) is 13.8 Å². The number of thiazole rings is 1. The van der Waals surface area contributed by atoms with Crippen LogP contribution in [0.4, 0.5) is 0 Å². The molecule has 0 saturated carbocycles. The van der Waals surface area contributed by atoms with Gasteiger partial charge in [0.15, 0.2) is 16.3 Å². The molecule has 146 valence electrons. The molecule has 0 aliphatic carbocycles. The van der Waals surface area contributed by atoms with Gasteiger partial charge in [0, 0.05) is 18.2 Å². The van der Waals surface area contributed by atoms with Gasteiger partial charge < -0.3 is 23.3 Å². The van der Waals surface area contributed by atoms with Gasteiger partial charge in [-0.2, -0.15) is 4.99 Å². The predicted octanol–water partition coefficient (Wildman–Crippen LogP) is 2.07. The van der Waals surface area contributed by atoms with Gasteiger partial charge in [0.05, 0.1) is 22.5 Å². The molecule has 1 aliphatic heterocycles. The number of carbonyl (C=O) groups is 2. The van der Waals surface area contributed by atoms with Gasteiger partial charge in [0.2, 0.25) is 5.76 Å². The van der Waals surface area contributed by atoms with Crippen molar-refractivity contribution in [3.63, 3.8) is 0 Å². The van der Waals surface area contributed by atoms with E-state index in [1.54, 1.807) is 24.5 Å². The molecule has 0 spiro atoms. The summed E-state index contributed by atoms with van der Waals surface area (Å²) in [7, 11) is 0. The second-order valence-corrected chi connectivity index (χ2v) is 7.00. The fourth-order valence-electron chi connectivity index (χ4n) is 2.79. The number of hydrogen-bond acceptors (Lipinski definition) is 8. The summed E-state index contributed by atoms with van der Waals surface area (Å²) in [5, 5.41) is 3.70. The molecular formula is C18H17N3O6S. The molecule has 0 fully saturated rings. The van der Waals surface area contributed by atoms with Crippen LogP contribution in [0.1, 0.15) is 23.2 Å². The first-order valence-electron chi connectivity index (χ1n) is 8.66. The summed E-state index contributed by atoms with van der Waals surface area (Å²) in [5.74, 6) is 0.219. The van der Waals surface area contributed by atoms with Crippen molar-refractivity contribution in [3.8, 4) is 11.5 Å². The average molecular weight is 403 g/mol. The van der Waals surface area contributed by atoms with Crippen LogP contribution in [-0.4, -0.2) is 41.4 Å². The molecule has 0 bridgehead atoms. The highest BCUT2D eigenvalue weighted by Crippen LogP contribution is 2.35. The Hall–Kier alpha value is -3.14. The number of aromatic nitrogens is 2. The SMILES string of the molecule is CCOC(=O)Cn1c(=NC(=O)c2cc(C)no2)sc2cc3c(cc21)OCCO3. The Morgan fingerprint density at radius 2 is 2.00 bits per heavy atom. The smallest absolute Gasteiger partial charge is 0.326 e. The quantitative estimate of drug-likeness (QED) is 0.614. The van der Waals surface area contributed by atoms with E-state index in [4.69, 9.17) is 18.7 Å². The highest BCUT2D eigenvalue weighted by molar-refractivity contribution is 7.16. The van der Waals surface area contributed by atoms with E-state index in [1.807, 2.05) is 6.07 Å². The van der Waals surface area contributed by atoms with Crippen molar-refractivity contribution >= 4 is 33.4 Å². The number of aryl methyl sites for hydroxylation is 1. The van der Waals surface area contributed by atoms with Crippen LogP contribution in [-0.2, 0) is 16.1 Å². The molecule has 10 heteroatoms. The summed E-state index contributed by atoms with van der Waals surface area (Å²) >= 11 is 1.26. The van der Waals surface area contributed by atoms with Gasteiger partial charge in [0.25, 0.3) is 0 Å². The number of rotatable bonds is 4. The van der Waals surface area contributed by atoms with Gasteiger partial charge in [-0.3, -0.25) is 9.59 Å². The lowest BCUT2D eigenvalue weighted by Crippen LogP contribution is -2.23. The zero-order valence-electron chi connectivity index (χ0n) is 15.3. The normalized spacial score (nSPS) is 13.7. The Morgan fingerprint density at radius 3 is 2.68 bits per heavy atom. The second-order valence-electron chi connectivity index (χ2n) is 5.99. The molecular weight excluding hydrogens is 386 g/mol. The Bertz CT molecular complexity index is 1130. The Morgan fingerprint density at radius 1 is 1.25 bits per heavy atom. The molecule has 0 N–H and O–H groups in total. The van der Waals surface area contributed by atoms with E-state index in [0.29, 0.717) is 40.7 Å². The summed E-state index contributed by atoms with van der Waals surface area (Å²) in [4.78, 5) is 29.0. The van der Waals surface area contributed by atoms with E-state index in [1.165, 1.54) is 17.4 Å². The first kappa shape index (κ1) is 18.2. The fourth-order valence-corrected chi connectivity index (χ4v) is 3.82. The second kappa shape index (κ2) is 7.47. The third kappa shape index (κ3) is 3.50. The van der Waals surface area contributed by atoms with Crippen molar-refractivity contribution in [1.82, 2.24) is 9.72 Å². The maximum absolute atomic E-state index is 12.5. The van der Waals surface area contributed by atoms with Gasteiger partial charge in [-0.15, -0.1) is 0 Å². The Labute approximate surface area is 163 Å². The number of carbonyl (C=O) groups excluding carboxylic acids is 2. The summed E-state index contributed by atoms with van der Waals surface area (Å²) in [6, 6.07) is 5.11. The van der Waals surface area contributed by atoms with Crippen LogP contribution in [0.3, 0.4) is 0 Å². The fraction of sp³-hybridized carbons (Fsp3) is 0.333. The van der Waals surface area contributed by atoms with Crippen molar-refractivity contribution in [3.05, 3.63) is 34.5 Å². The standard InChI is InChI=1S/C18H17N3O6S/c1-3-24-16(22)9-21-11-7-12-13(26-5-4-25-12)8-15(11)28-18(21)19-17(23)14-6-10(2)20-27-14/h6-8H,3-5,9H2,1-2H3. The summed E-state index contributed by atoms with van der Waals surface area (Å²) in [6.07, 6.45) is 0. The largest absolute Gasteiger partial charge is 0.486 e. The molecule has 2 aromatic heterocycles. The van der Waals surface area contributed by atoms with Gasteiger partial charge >= 0.3 is 11.9 Å². The summed E-state index contributed by atoms with van der Waals surface area (Å²) < 4.78 is 23.7. The molecule has 1 aromatic carbocycles. The minimum absolute atomic E-state index is 0.0311. The molecule has 0 radical (unpaired) electrons. The van der Waals surface area contributed by atoms with Gasteiger partial charge in [0.1, 0.15) is 19.8 Å². The lowest BCUT2D eigenvalue weighted by atomic mass is 10.2. The van der Waals surface area contributed by atoms with Crippen LogP contribution in [0.5, 0.6) is 11.5 Å². The van der Waals surface area contributed by atoms with Gasteiger partial charge in [-0.25, -0.2) is 0 Å². The summed E-state index contributed by atoms with van der Waals surface area (Å²) in [6.45, 7) is 4.53. The number of benzene rings is 1. The molecule has 9 nitrogen and oxygen atoms in total. The molecule has 4 rings (SSSR count). The molecule has 28 heavy (non-hydrogen) atoms. The Balaban J connectivity index is 1.84. The zero-order valence-corrected chi connectivity index (χ0v) is 16.1. The molecule has 0 atom stereocenters. The van der Waals surface area contributed by atoms with Crippen molar-refractivity contribution in [2.75, 3.05) is 19.8 Å². The molecule has 1 aliphatic rings. The van der Waals surface area contributed by atoms with E-state index in [0.717, 1.165) is 4.70 Å². The minimum atomic E-state index is -0.581. The van der Waals surface area contributed by atoms with Crippen molar-refractivity contribution in [1.29, 1.82) is 0 Å². The Kier molecular flexibility index (Phi) is 4.86. The number of fused-ring (bicyclic) bond motifs is 2. The minimum Gasteiger partial charge on any atom is -0.486 e. The highest BCUT2D eigenvalue weighted by atomic mass is 32.1. The molecule has 0 saturated heterocycles. The highest BCUT2D eigenvalue weighted by Gasteiger charge is 2.19.